The summed E-state index contributed by atoms with van der Waals surface area (Å²) >= 11 is 0. The van der Waals surface area contributed by atoms with Crippen molar-refractivity contribution >= 4 is 0 Å². The Hall–Kier alpha value is -2.42. The van der Waals surface area contributed by atoms with Crippen molar-refractivity contribution in [3.8, 4) is 0 Å². The van der Waals surface area contributed by atoms with E-state index in [1.807, 2.05) is 49.4 Å². The van der Waals surface area contributed by atoms with Crippen LogP contribution in [-0.4, -0.2) is 0 Å². The van der Waals surface area contributed by atoms with Gasteiger partial charge in [-0.15, -0.1) is 0 Å². The van der Waals surface area contributed by atoms with Gasteiger partial charge in [0.05, 0.1) is 0 Å². The summed E-state index contributed by atoms with van der Waals surface area (Å²) in [6.07, 6.45) is 0. The molecule has 0 aliphatic heterocycles. The minimum atomic E-state index is 0.159. The summed E-state index contributed by atoms with van der Waals surface area (Å²) in [5.74, 6) is 0. The lowest BCUT2D eigenvalue weighted by Gasteiger charge is -2.14. The predicted octanol–water partition coefficient (Wildman–Crippen LogP) is 5.24. The van der Waals surface area contributed by atoms with Crippen LogP contribution >= 0.6 is 0 Å². The molecule has 0 bridgehead atoms. The Labute approximate surface area is 151 Å². The quantitative estimate of drug-likeness (QED) is 0.670. The topological polar surface area (TPSA) is 38.0 Å². The summed E-state index contributed by atoms with van der Waals surface area (Å²) in [6.45, 7) is 5.09. The third-order valence-corrected chi connectivity index (χ3v) is 4.08. The van der Waals surface area contributed by atoms with Gasteiger partial charge in [-0.05, 0) is 30.5 Å². The van der Waals surface area contributed by atoms with E-state index in [0.717, 1.165) is 6.54 Å². The molecule has 130 valence electrons. The van der Waals surface area contributed by atoms with Gasteiger partial charge in [0.1, 0.15) is 0 Å². The molecule has 0 saturated carbocycles. The fourth-order valence-corrected chi connectivity index (χ4v) is 2.48. The van der Waals surface area contributed by atoms with E-state index in [2.05, 4.69) is 60.8 Å². The Morgan fingerprint density at radius 2 is 1.12 bits per heavy atom. The molecule has 25 heavy (non-hydrogen) atoms. The van der Waals surface area contributed by atoms with Crippen molar-refractivity contribution in [1.29, 1.82) is 0 Å². The second-order valence-corrected chi connectivity index (χ2v) is 6.20. The fraction of sp³-hybridized carbons (Fsp3) is 0.217. The third kappa shape index (κ3) is 6.92. The van der Waals surface area contributed by atoms with Crippen LogP contribution in [0, 0.1) is 0 Å². The average molecular weight is 332 g/mol. The van der Waals surface area contributed by atoms with E-state index in [1.165, 1.54) is 16.7 Å². The van der Waals surface area contributed by atoms with Crippen molar-refractivity contribution in [1.82, 2.24) is 5.32 Å². The molecule has 0 aromatic heterocycles. The van der Waals surface area contributed by atoms with E-state index in [-0.39, 0.29) is 6.04 Å². The SMILES string of the molecule is CC(N)c1ccccc1.CC(NCc1ccccc1)c1ccccc1. The molecule has 0 aliphatic rings. The smallest absolute Gasteiger partial charge is 0.0294 e. The van der Waals surface area contributed by atoms with Gasteiger partial charge in [-0.3, -0.25) is 0 Å². The first kappa shape index (κ1) is 18.9. The zero-order valence-electron chi connectivity index (χ0n) is 15.1. The van der Waals surface area contributed by atoms with Gasteiger partial charge in [-0.1, -0.05) is 91.0 Å². The maximum Gasteiger partial charge on any atom is 0.0294 e. The van der Waals surface area contributed by atoms with Crippen molar-refractivity contribution in [2.45, 2.75) is 32.5 Å². The zero-order valence-corrected chi connectivity index (χ0v) is 15.1. The van der Waals surface area contributed by atoms with Gasteiger partial charge in [0.2, 0.25) is 0 Å². The molecule has 0 heterocycles. The van der Waals surface area contributed by atoms with Crippen molar-refractivity contribution in [2.75, 3.05) is 0 Å². The van der Waals surface area contributed by atoms with Gasteiger partial charge < -0.3 is 11.1 Å². The highest BCUT2D eigenvalue weighted by molar-refractivity contribution is 5.19. The minimum Gasteiger partial charge on any atom is -0.324 e. The van der Waals surface area contributed by atoms with E-state index in [0.29, 0.717) is 6.04 Å². The summed E-state index contributed by atoms with van der Waals surface area (Å²) < 4.78 is 0. The largest absolute Gasteiger partial charge is 0.324 e. The van der Waals surface area contributed by atoms with E-state index in [1.54, 1.807) is 0 Å². The molecular weight excluding hydrogens is 304 g/mol. The van der Waals surface area contributed by atoms with Crippen LogP contribution in [0.2, 0.25) is 0 Å². The Kier molecular flexibility index (Phi) is 7.90. The van der Waals surface area contributed by atoms with Crippen molar-refractivity contribution in [3.63, 3.8) is 0 Å². The molecular formula is C23H28N2. The second-order valence-electron chi connectivity index (χ2n) is 6.20. The maximum atomic E-state index is 5.61. The van der Waals surface area contributed by atoms with Crippen molar-refractivity contribution in [3.05, 3.63) is 108 Å². The normalized spacial score (nSPS) is 12.6. The van der Waals surface area contributed by atoms with E-state index >= 15 is 0 Å². The molecule has 0 radical (unpaired) electrons. The molecule has 0 saturated heterocycles. The highest BCUT2D eigenvalue weighted by Crippen LogP contribution is 2.12. The number of hydrogen-bond acceptors (Lipinski definition) is 2. The lowest BCUT2D eigenvalue weighted by Crippen LogP contribution is -2.17. The molecule has 2 unspecified atom stereocenters. The molecule has 2 atom stereocenters. The first-order valence-corrected chi connectivity index (χ1v) is 8.79. The summed E-state index contributed by atoms with van der Waals surface area (Å²) in [5.41, 5.74) is 9.46. The van der Waals surface area contributed by atoms with Gasteiger partial charge in [0.25, 0.3) is 0 Å². The fourth-order valence-electron chi connectivity index (χ4n) is 2.48. The van der Waals surface area contributed by atoms with Crippen molar-refractivity contribution in [2.24, 2.45) is 5.73 Å². The molecule has 0 amide bonds. The molecule has 3 aromatic rings. The Morgan fingerprint density at radius 1 is 0.680 bits per heavy atom. The van der Waals surface area contributed by atoms with Gasteiger partial charge >= 0.3 is 0 Å². The van der Waals surface area contributed by atoms with Crippen LogP contribution in [0.4, 0.5) is 0 Å². The van der Waals surface area contributed by atoms with E-state index in [9.17, 15) is 0 Å². The monoisotopic (exact) mass is 332 g/mol. The molecule has 3 rings (SSSR count). The highest BCUT2D eigenvalue weighted by atomic mass is 14.9. The second kappa shape index (κ2) is 10.4. The number of benzene rings is 3. The summed E-state index contributed by atoms with van der Waals surface area (Å²) in [6, 6.07) is 31.6. The first-order valence-electron chi connectivity index (χ1n) is 8.79. The highest BCUT2D eigenvalue weighted by Gasteiger charge is 2.02. The lowest BCUT2D eigenvalue weighted by molar-refractivity contribution is 0.575. The standard InChI is InChI=1S/C15H17N.C8H11N/c1-13(15-10-6-3-7-11-15)16-12-14-8-4-2-5-9-14;1-7(9)8-5-3-2-4-6-8/h2-11,13,16H,12H2,1H3;2-7H,9H2,1H3. The van der Waals surface area contributed by atoms with Crippen LogP contribution in [0.15, 0.2) is 91.0 Å². The summed E-state index contributed by atoms with van der Waals surface area (Å²) in [4.78, 5) is 0. The molecule has 3 N–H and O–H groups in total. The lowest BCUT2D eigenvalue weighted by atomic mass is 10.1. The van der Waals surface area contributed by atoms with Crippen molar-refractivity contribution < 1.29 is 0 Å². The number of hydrogen-bond donors (Lipinski definition) is 2. The van der Waals surface area contributed by atoms with E-state index < -0.39 is 0 Å². The van der Waals surface area contributed by atoms with Crippen LogP contribution < -0.4 is 11.1 Å². The van der Waals surface area contributed by atoms with Crippen LogP contribution in [0.25, 0.3) is 0 Å². The molecule has 2 heteroatoms. The zero-order chi connectivity index (χ0) is 17.9. The Balaban J connectivity index is 0.000000212. The van der Waals surface area contributed by atoms with Crippen LogP contribution in [-0.2, 0) is 6.54 Å². The number of nitrogens with two attached hydrogens (primary N) is 1. The predicted molar refractivity (Wildman–Crippen MR) is 107 cm³/mol. The molecule has 0 fully saturated rings. The minimum absolute atomic E-state index is 0.159. The number of nitrogens with one attached hydrogen (secondary N) is 1. The summed E-state index contributed by atoms with van der Waals surface area (Å²) in [5, 5.41) is 3.52. The molecule has 0 aliphatic carbocycles. The van der Waals surface area contributed by atoms with Crippen LogP contribution in [0.1, 0.15) is 42.6 Å². The number of rotatable bonds is 5. The first-order chi connectivity index (χ1) is 12.2. The van der Waals surface area contributed by atoms with Crippen LogP contribution in [0.3, 0.4) is 0 Å². The van der Waals surface area contributed by atoms with Gasteiger partial charge in [-0.25, -0.2) is 0 Å². The Bertz CT molecular complexity index is 694. The van der Waals surface area contributed by atoms with Gasteiger partial charge in [0, 0.05) is 18.6 Å². The van der Waals surface area contributed by atoms with Gasteiger partial charge in [-0.2, -0.15) is 0 Å². The molecule has 2 nitrogen and oxygen atoms in total. The van der Waals surface area contributed by atoms with Crippen LogP contribution in [0.5, 0.6) is 0 Å². The third-order valence-electron chi connectivity index (χ3n) is 4.08. The van der Waals surface area contributed by atoms with E-state index in [4.69, 9.17) is 5.73 Å². The maximum absolute atomic E-state index is 5.61. The molecule has 3 aromatic carbocycles. The summed E-state index contributed by atoms with van der Waals surface area (Å²) in [7, 11) is 0. The van der Waals surface area contributed by atoms with Gasteiger partial charge in [0.15, 0.2) is 0 Å². The average Bonchev–Trinajstić information content (AvgIpc) is 2.69. The molecule has 0 spiro atoms. The Morgan fingerprint density at radius 3 is 1.56 bits per heavy atom.